The van der Waals surface area contributed by atoms with Crippen LogP contribution in [0.3, 0.4) is 0 Å². The molecular weight excluding hydrogens is 471 g/mol. The van der Waals surface area contributed by atoms with Crippen molar-refractivity contribution in [2.45, 2.75) is 0 Å². The number of amides is 1. The lowest BCUT2D eigenvalue weighted by molar-refractivity contribution is 0.102. The molecule has 4 aromatic rings. The van der Waals surface area contributed by atoms with Gasteiger partial charge in [0.15, 0.2) is 5.78 Å². The highest BCUT2D eigenvalue weighted by Crippen LogP contribution is 2.22. The van der Waals surface area contributed by atoms with Crippen molar-refractivity contribution >= 4 is 45.8 Å². The van der Waals surface area contributed by atoms with Crippen LogP contribution < -0.4 is 10.2 Å². The Balaban J connectivity index is 1.36. The normalized spacial score (nSPS) is 13.6. The van der Waals surface area contributed by atoms with E-state index >= 15 is 0 Å². The maximum atomic E-state index is 14.9. The highest BCUT2D eigenvalue weighted by Gasteiger charge is 2.18. The van der Waals surface area contributed by atoms with Crippen LogP contribution in [-0.2, 0) is 4.74 Å². The van der Waals surface area contributed by atoms with Gasteiger partial charge in [-0.15, -0.1) is 0 Å². The number of carbonyl (C=O) groups is 2. The van der Waals surface area contributed by atoms with Crippen molar-refractivity contribution in [1.29, 1.82) is 0 Å². The Kier molecular flexibility index (Phi) is 6.39. The average molecular weight is 491 g/mol. The summed E-state index contributed by atoms with van der Waals surface area (Å²) in [5, 5.41) is 3.13. The fourth-order valence-corrected chi connectivity index (χ4v) is 3.95. The summed E-state index contributed by atoms with van der Waals surface area (Å²) in [7, 11) is 0. The van der Waals surface area contributed by atoms with E-state index in [-0.39, 0.29) is 11.3 Å². The van der Waals surface area contributed by atoms with E-state index in [2.05, 4.69) is 20.2 Å². The first kappa shape index (κ1) is 22.9. The maximum Gasteiger partial charge on any atom is 0.255 e. The van der Waals surface area contributed by atoms with Crippen molar-refractivity contribution < 1.29 is 18.7 Å². The zero-order valence-corrected chi connectivity index (χ0v) is 19.3. The van der Waals surface area contributed by atoms with Crippen LogP contribution in [0.5, 0.6) is 0 Å². The van der Waals surface area contributed by atoms with Gasteiger partial charge in [0.2, 0.25) is 0 Å². The van der Waals surface area contributed by atoms with E-state index in [9.17, 15) is 14.0 Å². The number of aromatic nitrogens is 2. The third kappa shape index (κ3) is 4.99. The van der Waals surface area contributed by atoms with E-state index in [1.165, 1.54) is 12.1 Å². The molecule has 0 aliphatic carbocycles. The van der Waals surface area contributed by atoms with E-state index < -0.39 is 17.5 Å². The molecule has 0 radical (unpaired) electrons. The van der Waals surface area contributed by atoms with E-state index in [0.717, 1.165) is 6.07 Å². The van der Waals surface area contributed by atoms with Crippen molar-refractivity contribution in [3.8, 4) is 0 Å². The van der Waals surface area contributed by atoms with Gasteiger partial charge in [-0.3, -0.25) is 14.6 Å². The Morgan fingerprint density at radius 3 is 2.43 bits per heavy atom. The van der Waals surface area contributed by atoms with Crippen LogP contribution >= 0.6 is 11.6 Å². The van der Waals surface area contributed by atoms with Crippen LogP contribution in [0.1, 0.15) is 26.3 Å². The van der Waals surface area contributed by atoms with Crippen LogP contribution in [-0.4, -0.2) is 48.0 Å². The Labute approximate surface area is 205 Å². The summed E-state index contributed by atoms with van der Waals surface area (Å²) in [4.78, 5) is 36.6. The number of fused-ring (bicyclic) bond motifs is 1. The molecule has 0 unspecified atom stereocenters. The molecule has 1 N–H and O–H groups in total. The van der Waals surface area contributed by atoms with Gasteiger partial charge in [-0.25, -0.2) is 9.37 Å². The van der Waals surface area contributed by atoms with Gasteiger partial charge in [-0.05, 0) is 60.7 Å². The number of hydrogen-bond donors (Lipinski definition) is 1. The first-order chi connectivity index (χ1) is 17.0. The zero-order valence-electron chi connectivity index (χ0n) is 18.5. The predicted molar refractivity (Wildman–Crippen MR) is 132 cm³/mol. The molecule has 1 fully saturated rings. The third-order valence-corrected chi connectivity index (χ3v) is 5.96. The number of ketones is 1. The summed E-state index contributed by atoms with van der Waals surface area (Å²) >= 11 is 5.84. The fraction of sp³-hybridized carbons (Fsp3) is 0.154. The van der Waals surface area contributed by atoms with E-state index in [0.29, 0.717) is 59.3 Å². The molecular formula is C26H20ClFN4O3. The second-order valence-electron chi connectivity index (χ2n) is 8.02. The minimum Gasteiger partial charge on any atom is -0.378 e. The van der Waals surface area contributed by atoms with Gasteiger partial charge in [0.05, 0.1) is 36.0 Å². The Morgan fingerprint density at radius 2 is 1.69 bits per heavy atom. The molecule has 1 aliphatic rings. The molecule has 1 amide bonds. The molecule has 0 bridgehead atoms. The van der Waals surface area contributed by atoms with Gasteiger partial charge < -0.3 is 15.0 Å². The summed E-state index contributed by atoms with van der Waals surface area (Å²) < 4.78 is 20.3. The number of hydrogen-bond acceptors (Lipinski definition) is 6. The number of anilines is 2. The molecule has 1 saturated heterocycles. The predicted octanol–water partition coefficient (Wildman–Crippen LogP) is 4.74. The highest BCUT2D eigenvalue weighted by molar-refractivity contribution is 6.30. The van der Waals surface area contributed by atoms with Crippen molar-refractivity contribution in [3.05, 3.63) is 94.4 Å². The topological polar surface area (TPSA) is 84.4 Å². The molecule has 0 spiro atoms. The standard InChI is InChI=1S/C26H20ClFN4O3/c27-18-4-1-16(2-5-18)26(34)30-19-6-7-20(21(28)14-19)25(33)17-3-8-22-23(13-17)31-24(15-29-22)32-9-11-35-12-10-32/h1-8,13-15H,9-12H2,(H,30,34). The quantitative estimate of drug-likeness (QED) is 0.407. The zero-order chi connectivity index (χ0) is 24.4. The largest absolute Gasteiger partial charge is 0.378 e. The number of rotatable bonds is 5. The van der Waals surface area contributed by atoms with Crippen molar-refractivity contribution in [2.24, 2.45) is 0 Å². The van der Waals surface area contributed by atoms with E-state index in [4.69, 9.17) is 16.3 Å². The van der Waals surface area contributed by atoms with Gasteiger partial charge >= 0.3 is 0 Å². The van der Waals surface area contributed by atoms with E-state index in [1.54, 1.807) is 48.7 Å². The smallest absolute Gasteiger partial charge is 0.255 e. The first-order valence-corrected chi connectivity index (χ1v) is 11.4. The molecule has 5 rings (SSSR count). The van der Waals surface area contributed by atoms with Crippen LogP contribution in [0, 0.1) is 5.82 Å². The molecule has 1 aliphatic heterocycles. The number of benzene rings is 3. The number of nitrogens with zero attached hydrogens (tertiary/aromatic N) is 3. The summed E-state index contributed by atoms with van der Waals surface area (Å²) in [6.07, 6.45) is 1.70. The molecule has 9 heteroatoms. The summed E-state index contributed by atoms with van der Waals surface area (Å²) in [6, 6.07) is 15.2. The molecule has 0 saturated carbocycles. The number of ether oxygens (including phenoxy) is 1. The monoisotopic (exact) mass is 490 g/mol. The van der Waals surface area contributed by atoms with Gasteiger partial charge in [0.1, 0.15) is 11.6 Å². The number of carbonyl (C=O) groups excluding carboxylic acids is 2. The third-order valence-electron chi connectivity index (χ3n) is 5.70. The SMILES string of the molecule is O=C(Nc1ccc(C(=O)c2ccc3ncc(N4CCOCC4)nc3c2)c(F)c1)c1ccc(Cl)cc1. The number of halogens is 2. The summed E-state index contributed by atoms with van der Waals surface area (Å²) in [6.45, 7) is 2.66. The van der Waals surface area contributed by atoms with Gasteiger partial charge in [-0.2, -0.15) is 0 Å². The van der Waals surface area contributed by atoms with Crippen LogP contribution in [0.2, 0.25) is 5.02 Å². The minimum atomic E-state index is -0.739. The lowest BCUT2D eigenvalue weighted by atomic mass is 10.0. The highest BCUT2D eigenvalue weighted by atomic mass is 35.5. The molecule has 2 heterocycles. The summed E-state index contributed by atoms with van der Waals surface area (Å²) in [5.74, 6) is -0.933. The summed E-state index contributed by atoms with van der Waals surface area (Å²) in [5.41, 5.74) is 1.99. The molecule has 3 aromatic carbocycles. The van der Waals surface area contributed by atoms with Crippen LogP contribution in [0.15, 0.2) is 66.9 Å². The molecule has 7 nitrogen and oxygen atoms in total. The molecule has 35 heavy (non-hydrogen) atoms. The van der Waals surface area contributed by atoms with Gasteiger partial charge in [0.25, 0.3) is 5.91 Å². The van der Waals surface area contributed by atoms with Crippen LogP contribution in [0.4, 0.5) is 15.9 Å². The fourth-order valence-electron chi connectivity index (χ4n) is 3.82. The minimum absolute atomic E-state index is 0.105. The molecule has 176 valence electrons. The second kappa shape index (κ2) is 9.77. The number of morpholine rings is 1. The van der Waals surface area contributed by atoms with Crippen LogP contribution in [0.25, 0.3) is 11.0 Å². The van der Waals surface area contributed by atoms with Gasteiger partial charge in [-0.1, -0.05) is 11.6 Å². The lowest BCUT2D eigenvalue weighted by Crippen LogP contribution is -2.36. The van der Waals surface area contributed by atoms with E-state index in [1.807, 2.05) is 0 Å². The Hall–Kier alpha value is -3.88. The first-order valence-electron chi connectivity index (χ1n) is 11.0. The lowest BCUT2D eigenvalue weighted by Gasteiger charge is -2.27. The average Bonchev–Trinajstić information content (AvgIpc) is 2.88. The second-order valence-corrected chi connectivity index (χ2v) is 8.45. The Morgan fingerprint density at radius 1 is 0.943 bits per heavy atom. The van der Waals surface area contributed by atoms with Crippen molar-refractivity contribution in [2.75, 3.05) is 36.5 Å². The Bertz CT molecular complexity index is 1420. The number of nitrogens with one attached hydrogen (secondary N) is 1. The maximum absolute atomic E-state index is 14.9. The molecule has 0 atom stereocenters. The van der Waals surface area contributed by atoms with Crippen molar-refractivity contribution in [3.63, 3.8) is 0 Å². The van der Waals surface area contributed by atoms with Crippen molar-refractivity contribution in [1.82, 2.24) is 9.97 Å². The van der Waals surface area contributed by atoms with Gasteiger partial charge in [0, 0.05) is 34.9 Å². The molecule has 1 aromatic heterocycles.